The number of aryl methyl sites for hydroxylation is 1. The fourth-order valence-corrected chi connectivity index (χ4v) is 6.19. The normalized spacial score (nSPS) is 19.1. The minimum absolute atomic E-state index is 0.0259. The molecule has 2 aliphatic rings. The largest absolute Gasteiger partial charge is 0.481 e. The van der Waals surface area contributed by atoms with Crippen LogP contribution in [0.4, 0.5) is 0 Å². The van der Waals surface area contributed by atoms with E-state index in [9.17, 15) is 19.5 Å². The molecule has 7 nitrogen and oxygen atoms in total. The number of piperidine rings is 1. The standard InChI is InChI=1S/C31H41N3O4/c1-30(2,32)29(38)33-26(14-8-11-22-9-4-3-5-10-22)28(37)34-19-17-31(18-20-34)21-23(15-16-27(35)36)24-12-6-7-13-25(24)31/h3-7,9-10,12-13,23,26H,8,11,14-21,32H2,1-2H3,(H,33,38)(H,35,36)/t23-,26-/m1/s1. The number of hydrogen-bond acceptors (Lipinski definition) is 4. The maximum Gasteiger partial charge on any atom is 0.303 e. The molecule has 204 valence electrons. The number of benzene rings is 2. The molecule has 1 spiro atoms. The number of likely N-dealkylation sites (tertiary alicyclic amines) is 1. The van der Waals surface area contributed by atoms with E-state index in [0.29, 0.717) is 25.9 Å². The van der Waals surface area contributed by atoms with Crippen LogP contribution in [-0.2, 0) is 26.2 Å². The van der Waals surface area contributed by atoms with E-state index >= 15 is 0 Å². The van der Waals surface area contributed by atoms with E-state index in [1.807, 2.05) is 29.2 Å². The summed E-state index contributed by atoms with van der Waals surface area (Å²) in [6.45, 7) is 4.54. The molecule has 38 heavy (non-hydrogen) atoms. The number of aliphatic carboxylic acids is 1. The maximum atomic E-state index is 13.7. The molecule has 0 saturated carbocycles. The first-order valence-electron chi connectivity index (χ1n) is 13.8. The molecule has 1 fully saturated rings. The lowest BCUT2D eigenvalue weighted by molar-refractivity contribution is -0.139. The number of nitrogens with zero attached hydrogens (tertiary/aromatic N) is 1. The van der Waals surface area contributed by atoms with Gasteiger partial charge in [0.15, 0.2) is 0 Å². The van der Waals surface area contributed by atoms with Gasteiger partial charge in [0.25, 0.3) is 0 Å². The third-order valence-corrected chi connectivity index (χ3v) is 8.34. The Morgan fingerprint density at radius 2 is 1.74 bits per heavy atom. The maximum absolute atomic E-state index is 13.7. The molecule has 4 N–H and O–H groups in total. The lowest BCUT2D eigenvalue weighted by Crippen LogP contribution is -2.57. The molecular formula is C31H41N3O4. The highest BCUT2D eigenvalue weighted by Gasteiger charge is 2.46. The number of carboxylic acids is 1. The van der Waals surface area contributed by atoms with Crippen LogP contribution in [0.1, 0.15) is 81.4 Å². The molecular weight excluding hydrogens is 478 g/mol. The fourth-order valence-electron chi connectivity index (χ4n) is 6.19. The van der Waals surface area contributed by atoms with Gasteiger partial charge >= 0.3 is 5.97 Å². The highest BCUT2D eigenvalue weighted by molar-refractivity contribution is 5.91. The zero-order chi connectivity index (χ0) is 27.3. The Morgan fingerprint density at radius 1 is 1.08 bits per heavy atom. The number of nitrogens with one attached hydrogen (secondary N) is 1. The topological polar surface area (TPSA) is 113 Å². The lowest BCUT2D eigenvalue weighted by atomic mass is 9.73. The van der Waals surface area contributed by atoms with Crippen LogP contribution in [0.2, 0.25) is 0 Å². The van der Waals surface area contributed by atoms with Crippen molar-refractivity contribution in [2.75, 3.05) is 13.1 Å². The molecule has 0 aromatic heterocycles. The molecule has 1 aliphatic heterocycles. The van der Waals surface area contributed by atoms with Crippen molar-refractivity contribution in [3.8, 4) is 0 Å². The second kappa shape index (κ2) is 11.7. The Balaban J connectivity index is 1.43. The summed E-state index contributed by atoms with van der Waals surface area (Å²) < 4.78 is 0. The first-order valence-corrected chi connectivity index (χ1v) is 13.8. The molecule has 0 radical (unpaired) electrons. The van der Waals surface area contributed by atoms with Gasteiger partial charge in [-0.05, 0) is 86.8 Å². The Kier molecular flexibility index (Phi) is 8.56. The number of nitrogens with two attached hydrogens (primary N) is 1. The van der Waals surface area contributed by atoms with E-state index in [0.717, 1.165) is 32.1 Å². The average molecular weight is 520 g/mol. The SMILES string of the molecule is CC(C)(N)C(=O)N[C@H](CCCc1ccccc1)C(=O)N1CCC2(CC1)C[C@@H](CCC(=O)O)c1ccccc12. The van der Waals surface area contributed by atoms with Crippen LogP contribution >= 0.6 is 0 Å². The van der Waals surface area contributed by atoms with Crippen molar-refractivity contribution in [1.29, 1.82) is 0 Å². The minimum atomic E-state index is -1.07. The zero-order valence-electron chi connectivity index (χ0n) is 22.6. The van der Waals surface area contributed by atoms with Crippen molar-refractivity contribution >= 4 is 17.8 Å². The monoisotopic (exact) mass is 519 g/mol. The van der Waals surface area contributed by atoms with E-state index in [-0.39, 0.29) is 29.6 Å². The first-order chi connectivity index (χ1) is 18.1. The molecule has 0 unspecified atom stereocenters. The fraction of sp³-hybridized carbons (Fsp3) is 0.516. The zero-order valence-corrected chi connectivity index (χ0v) is 22.6. The Hall–Kier alpha value is -3.19. The van der Waals surface area contributed by atoms with Crippen molar-refractivity contribution in [2.45, 2.75) is 88.1 Å². The molecule has 4 rings (SSSR count). The number of hydrogen-bond donors (Lipinski definition) is 3. The second-order valence-electron chi connectivity index (χ2n) is 11.7. The van der Waals surface area contributed by atoms with Gasteiger partial charge < -0.3 is 21.1 Å². The van der Waals surface area contributed by atoms with E-state index in [1.165, 1.54) is 16.7 Å². The third-order valence-electron chi connectivity index (χ3n) is 8.34. The summed E-state index contributed by atoms with van der Waals surface area (Å²) in [7, 11) is 0. The Morgan fingerprint density at radius 3 is 2.39 bits per heavy atom. The number of carboxylic acid groups (broad SMARTS) is 1. The van der Waals surface area contributed by atoms with E-state index in [4.69, 9.17) is 5.73 Å². The van der Waals surface area contributed by atoms with Crippen LogP contribution in [0.15, 0.2) is 54.6 Å². The predicted octanol–water partition coefficient (Wildman–Crippen LogP) is 4.14. The summed E-state index contributed by atoms with van der Waals surface area (Å²) in [5, 5.41) is 12.2. The molecule has 2 aromatic rings. The van der Waals surface area contributed by atoms with Crippen LogP contribution in [0.25, 0.3) is 0 Å². The number of amides is 2. The molecule has 2 atom stereocenters. The molecule has 2 amide bonds. The van der Waals surface area contributed by atoms with Crippen LogP contribution in [0, 0.1) is 0 Å². The lowest BCUT2D eigenvalue weighted by Gasteiger charge is -2.41. The third kappa shape index (κ3) is 6.44. The van der Waals surface area contributed by atoms with Gasteiger partial charge in [0, 0.05) is 19.5 Å². The summed E-state index contributed by atoms with van der Waals surface area (Å²) in [4.78, 5) is 39.6. The number of carbonyl (C=O) groups is 3. The van der Waals surface area contributed by atoms with Crippen molar-refractivity contribution < 1.29 is 19.5 Å². The van der Waals surface area contributed by atoms with E-state index < -0.39 is 17.6 Å². The number of rotatable bonds is 10. The minimum Gasteiger partial charge on any atom is -0.481 e. The summed E-state index contributed by atoms with van der Waals surface area (Å²) in [6, 6.07) is 18.0. The molecule has 7 heteroatoms. The molecule has 2 aromatic carbocycles. The van der Waals surface area contributed by atoms with Crippen molar-refractivity contribution in [3.63, 3.8) is 0 Å². The molecule has 1 aliphatic carbocycles. The predicted molar refractivity (Wildman–Crippen MR) is 148 cm³/mol. The van der Waals surface area contributed by atoms with Gasteiger partial charge in [0.05, 0.1) is 5.54 Å². The summed E-state index contributed by atoms with van der Waals surface area (Å²) in [6.07, 6.45) is 5.59. The second-order valence-corrected chi connectivity index (χ2v) is 11.7. The van der Waals surface area contributed by atoms with Gasteiger partial charge in [-0.2, -0.15) is 0 Å². The molecule has 1 heterocycles. The summed E-state index contributed by atoms with van der Waals surface area (Å²) in [5.41, 5.74) is 8.74. The van der Waals surface area contributed by atoms with Gasteiger partial charge in [-0.1, -0.05) is 54.6 Å². The van der Waals surface area contributed by atoms with Gasteiger partial charge in [-0.15, -0.1) is 0 Å². The highest BCUT2D eigenvalue weighted by Crippen LogP contribution is 2.53. The van der Waals surface area contributed by atoms with E-state index in [1.54, 1.807) is 13.8 Å². The number of carbonyl (C=O) groups excluding carboxylic acids is 2. The van der Waals surface area contributed by atoms with Crippen molar-refractivity contribution in [3.05, 3.63) is 71.3 Å². The summed E-state index contributed by atoms with van der Waals surface area (Å²) in [5.74, 6) is -0.888. The Labute approximate surface area is 225 Å². The van der Waals surface area contributed by atoms with Crippen LogP contribution < -0.4 is 11.1 Å². The highest BCUT2D eigenvalue weighted by atomic mass is 16.4. The van der Waals surface area contributed by atoms with E-state index in [2.05, 4.69) is 35.6 Å². The van der Waals surface area contributed by atoms with Crippen LogP contribution in [-0.4, -0.2) is 52.5 Å². The molecule has 0 bridgehead atoms. The van der Waals surface area contributed by atoms with Gasteiger partial charge in [-0.3, -0.25) is 14.4 Å². The quantitative estimate of drug-likeness (QED) is 0.437. The van der Waals surface area contributed by atoms with Gasteiger partial charge in [0.1, 0.15) is 6.04 Å². The van der Waals surface area contributed by atoms with Crippen LogP contribution in [0.3, 0.4) is 0 Å². The van der Waals surface area contributed by atoms with Crippen molar-refractivity contribution in [1.82, 2.24) is 10.2 Å². The first kappa shape index (κ1) is 27.8. The van der Waals surface area contributed by atoms with Crippen molar-refractivity contribution in [2.24, 2.45) is 5.73 Å². The molecule has 1 saturated heterocycles. The van der Waals surface area contributed by atoms with Crippen LogP contribution in [0.5, 0.6) is 0 Å². The van der Waals surface area contributed by atoms with Gasteiger partial charge in [0.2, 0.25) is 11.8 Å². The smallest absolute Gasteiger partial charge is 0.303 e. The summed E-state index contributed by atoms with van der Waals surface area (Å²) >= 11 is 0. The Bertz CT molecular complexity index is 1130. The number of fused-ring (bicyclic) bond motifs is 2. The average Bonchev–Trinajstić information content (AvgIpc) is 3.20. The van der Waals surface area contributed by atoms with Gasteiger partial charge in [-0.25, -0.2) is 0 Å².